The van der Waals surface area contributed by atoms with Crippen LogP contribution in [0.5, 0.6) is 0 Å². The minimum absolute atomic E-state index is 0.164. The number of rotatable bonds is 4. The van der Waals surface area contributed by atoms with E-state index >= 15 is 0 Å². The zero-order valence-corrected chi connectivity index (χ0v) is 15.2. The maximum absolute atomic E-state index is 8.64. The van der Waals surface area contributed by atoms with E-state index in [2.05, 4.69) is 22.7 Å². The van der Waals surface area contributed by atoms with Crippen molar-refractivity contribution in [3.05, 3.63) is 21.9 Å². The molecule has 1 aromatic heterocycles. The fourth-order valence-electron chi connectivity index (χ4n) is 2.40. The van der Waals surface area contributed by atoms with Crippen LogP contribution in [-0.4, -0.2) is 11.0 Å². The van der Waals surface area contributed by atoms with Crippen LogP contribution >= 0.6 is 24.2 Å². The summed E-state index contributed by atoms with van der Waals surface area (Å²) < 4.78 is 3.09. The predicted molar refractivity (Wildman–Crippen MR) is 96.3 cm³/mol. The van der Waals surface area contributed by atoms with Gasteiger partial charge in [-0.15, -0.1) is 11.3 Å². The van der Waals surface area contributed by atoms with E-state index in [-0.39, 0.29) is 11.9 Å². The molecule has 0 bridgehead atoms. The fraction of sp³-hybridized carbons (Fsp3) is 0.667. The van der Waals surface area contributed by atoms with E-state index < -0.39 is 0 Å². The number of thiophene rings is 1. The molecule has 1 aliphatic rings. The van der Waals surface area contributed by atoms with Crippen molar-refractivity contribution >= 4 is 30.0 Å². The maximum Gasteiger partial charge on any atom is 0.170 e. The van der Waals surface area contributed by atoms with Crippen LogP contribution in [0.2, 0.25) is 0 Å². The van der Waals surface area contributed by atoms with Crippen LogP contribution in [0.1, 0.15) is 69.9 Å². The van der Waals surface area contributed by atoms with Gasteiger partial charge in [0.25, 0.3) is 0 Å². The molecule has 21 heavy (non-hydrogen) atoms. The third-order valence-corrected chi connectivity index (χ3v) is 4.63. The Hall–Kier alpha value is -0.720. The summed E-state index contributed by atoms with van der Waals surface area (Å²) in [4.78, 5) is 1.20. The van der Waals surface area contributed by atoms with Crippen LogP contribution in [0.4, 0.5) is 0 Å². The van der Waals surface area contributed by atoms with Gasteiger partial charge in [0.2, 0.25) is 0 Å². The van der Waals surface area contributed by atoms with Crippen LogP contribution in [0.3, 0.4) is 0 Å². The lowest BCUT2D eigenvalue weighted by Crippen LogP contribution is -2.19. The van der Waals surface area contributed by atoms with Crippen molar-refractivity contribution in [2.24, 2.45) is 16.8 Å². The first-order chi connectivity index (χ1) is 10.3. The first-order valence-corrected chi connectivity index (χ1v) is 9.05. The molecule has 1 heterocycles. The average molecular weight is 332 g/mol. The normalized spacial score (nSPS) is 16.5. The lowest BCUT2D eigenvalue weighted by atomic mass is 9.97. The molecule has 4 N–H and O–H groups in total. The van der Waals surface area contributed by atoms with E-state index in [4.69, 9.17) is 10.9 Å². The average Bonchev–Trinajstić information content (AvgIpc) is 3.24. The first-order valence-electron chi connectivity index (χ1n) is 7.72. The Morgan fingerprint density at radius 2 is 1.95 bits per heavy atom. The Morgan fingerprint density at radius 3 is 2.43 bits per heavy atom. The molecule has 1 saturated carbocycles. The minimum Gasteiger partial charge on any atom is -0.409 e. The van der Waals surface area contributed by atoms with Crippen molar-refractivity contribution in [1.29, 1.82) is 0 Å². The monoisotopic (exact) mass is 331 g/mol. The van der Waals surface area contributed by atoms with Crippen molar-refractivity contribution in [2.75, 3.05) is 0 Å². The number of nitrogens with two attached hydrogens (primary N) is 1. The largest absolute Gasteiger partial charge is 0.409 e. The van der Waals surface area contributed by atoms with Gasteiger partial charge in [0.15, 0.2) is 5.84 Å². The summed E-state index contributed by atoms with van der Waals surface area (Å²) in [5.74, 6) is 0.808. The molecule has 0 aliphatic heterocycles. The van der Waals surface area contributed by atoms with Gasteiger partial charge in [-0.05, 0) is 24.8 Å². The van der Waals surface area contributed by atoms with Crippen LogP contribution in [0, 0.1) is 5.92 Å². The molecule has 1 aliphatic carbocycles. The molecule has 0 aromatic carbocycles. The second-order valence-electron chi connectivity index (χ2n) is 4.37. The van der Waals surface area contributed by atoms with Gasteiger partial charge >= 0.3 is 0 Å². The Labute approximate surface area is 138 Å². The number of amidine groups is 1. The standard InChI is InChI=1S/C11H17N3OS2.2C2H6/c12-11(13-15)8-5-9(17-6-8)10(14-16)7-3-1-2-4-7;2*1-2/h5-7,10,14-16H,1-4H2,(H2,12,13);2*1-2H3. The molecule has 1 fully saturated rings. The molecule has 1 aromatic rings. The second kappa shape index (κ2) is 11.9. The molecule has 4 nitrogen and oxygen atoms in total. The zero-order chi connectivity index (χ0) is 16.3. The topological polar surface area (TPSA) is 70.6 Å². The van der Waals surface area contributed by atoms with E-state index in [0.717, 1.165) is 5.56 Å². The van der Waals surface area contributed by atoms with Crippen LogP contribution < -0.4 is 10.5 Å². The van der Waals surface area contributed by atoms with Gasteiger partial charge in [-0.1, -0.05) is 58.5 Å². The fourth-order valence-corrected chi connectivity index (χ4v) is 3.88. The lowest BCUT2D eigenvalue weighted by molar-refractivity contribution is 0.318. The lowest BCUT2D eigenvalue weighted by Gasteiger charge is -2.20. The summed E-state index contributed by atoms with van der Waals surface area (Å²) >= 11 is 5.86. The van der Waals surface area contributed by atoms with Crippen molar-refractivity contribution < 1.29 is 5.21 Å². The minimum atomic E-state index is 0.164. The molecule has 2 rings (SSSR count). The SMILES string of the molecule is CC.CC.N/C(=N\O)c1csc(C(NS)C2CCCC2)c1. The summed E-state index contributed by atoms with van der Waals surface area (Å²) in [6.07, 6.45) is 5.09. The number of hydrogen-bond acceptors (Lipinski definition) is 5. The van der Waals surface area contributed by atoms with E-state index in [0.29, 0.717) is 5.92 Å². The second-order valence-corrected chi connectivity index (χ2v) is 5.58. The van der Waals surface area contributed by atoms with Crippen LogP contribution in [0.15, 0.2) is 16.6 Å². The van der Waals surface area contributed by atoms with E-state index in [9.17, 15) is 0 Å². The molecule has 122 valence electrons. The van der Waals surface area contributed by atoms with Gasteiger partial charge in [-0.25, -0.2) is 0 Å². The van der Waals surface area contributed by atoms with Crippen molar-refractivity contribution in [1.82, 2.24) is 4.72 Å². The number of nitrogens with one attached hydrogen (secondary N) is 1. The van der Waals surface area contributed by atoms with Crippen LogP contribution in [0.25, 0.3) is 0 Å². The smallest absolute Gasteiger partial charge is 0.170 e. The van der Waals surface area contributed by atoms with E-state index in [1.54, 1.807) is 11.3 Å². The third-order valence-electron chi connectivity index (χ3n) is 3.34. The summed E-state index contributed by atoms with van der Waals surface area (Å²) in [6.45, 7) is 8.00. The highest BCUT2D eigenvalue weighted by Gasteiger charge is 2.26. The molecule has 6 heteroatoms. The highest BCUT2D eigenvalue weighted by molar-refractivity contribution is 7.78. The maximum atomic E-state index is 8.64. The molecule has 1 atom stereocenters. The quantitative estimate of drug-likeness (QED) is 0.215. The first kappa shape index (κ1) is 20.3. The van der Waals surface area contributed by atoms with Gasteiger partial charge < -0.3 is 10.9 Å². The number of hydrogen-bond donors (Lipinski definition) is 4. The van der Waals surface area contributed by atoms with Crippen molar-refractivity contribution in [3.8, 4) is 0 Å². The predicted octanol–water partition coefficient (Wildman–Crippen LogP) is 4.56. The van der Waals surface area contributed by atoms with Gasteiger partial charge in [0, 0.05) is 15.8 Å². The highest BCUT2D eigenvalue weighted by Crippen LogP contribution is 2.38. The number of oxime groups is 1. The highest BCUT2D eigenvalue weighted by atomic mass is 32.1. The van der Waals surface area contributed by atoms with Gasteiger partial charge in [0.1, 0.15) is 0 Å². The Balaban J connectivity index is 0.000000921. The Bertz CT molecular complexity index is 401. The van der Waals surface area contributed by atoms with Crippen LogP contribution in [-0.2, 0) is 0 Å². The summed E-state index contributed by atoms with van der Waals surface area (Å²) in [7, 11) is 0. The van der Waals surface area contributed by atoms with E-state index in [1.807, 2.05) is 39.1 Å². The zero-order valence-electron chi connectivity index (χ0n) is 13.5. The van der Waals surface area contributed by atoms with Crippen molar-refractivity contribution in [2.45, 2.75) is 59.4 Å². The summed E-state index contributed by atoms with van der Waals surface area (Å²) in [5.41, 5.74) is 6.35. The van der Waals surface area contributed by atoms with Gasteiger partial charge in [-0.2, -0.15) is 0 Å². The molecule has 1 unspecified atom stereocenters. The summed E-state index contributed by atoms with van der Waals surface area (Å²) in [5, 5.41) is 13.6. The van der Waals surface area contributed by atoms with Gasteiger partial charge in [-0.3, -0.25) is 4.72 Å². The summed E-state index contributed by atoms with van der Waals surface area (Å²) in [6, 6.07) is 2.25. The molecule has 0 saturated heterocycles. The Kier molecular flexibility index (Phi) is 11.5. The molecule has 0 spiro atoms. The Morgan fingerprint density at radius 1 is 1.38 bits per heavy atom. The van der Waals surface area contributed by atoms with Gasteiger partial charge in [0.05, 0.1) is 6.04 Å². The third kappa shape index (κ3) is 5.88. The molecule has 0 radical (unpaired) electrons. The molecular weight excluding hydrogens is 302 g/mol. The molecule has 0 amide bonds. The number of nitrogens with zero attached hydrogens (tertiary/aromatic N) is 1. The van der Waals surface area contributed by atoms with E-state index in [1.165, 1.54) is 30.6 Å². The molecular formula is C15H29N3OS2. The number of thiol groups is 1. The van der Waals surface area contributed by atoms with Crippen molar-refractivity contribution in [3.63, 3.8) is 0 Å².